The molecule has 1 fully saturated rings. The summed E-state index contributed by atoms with van der Waals surface area (Å²) in [5, 5.41) is 5.97. The van der Waals surface area contributed by atoms with Crippen molar-refractivity contribution in [1.29, 1.82) is 0 Å². The van der Waals surface area contributed by atoms with Crippen LogP contribution in [-0.4, -0.2) is 33.9 Å². The summed E-state index contributed by atoms with van der Waals surface area (Å²) in [6.07, 6.45) is 5.37. The molecule has 1 amide bonds. The lowest BCUT2D eigenvalue weighted by Gasteiger charge is -2.36. The molecular formula is C22H24ClFN4OS. The van der Waals surface area contributed by atoms with E-state index < -0.39 is 0 Å². The maximum Gasteiger partial charge on any atom is 0.270 e. The number of pyridine rings is 1. The van der Waals surface area contributed by atoms with Gasteiger partial charge in [0.05, 0.1) is 6.04 Å². The van der Waals surface area contributed by atoms with Crippen molar-refractivity contribution in [3.8, 4) is 0 Å². The highest BCUT2D eigenvalue weighted by molar-refractivity contribution is 7.09. The van der Waals surface area contributed by atoms with Gasteiger partial charge in [-0.05, 0) is 43.5 Å². The molecule has 3 heterocycles. The fraction of sp³-hybridized carbons (Fsp3) is 0.318. The van der Waals surface area contributed by atoms with Crippen LogP contribution < -0.4 is 5.32 Å². The maximum absolute atomic E-state index is 14.1. The van der Waals surface area contributed by atoms with Gasteiger partial charge in [0.1, 0.15) is 16.5 Å². The zero-order valence-electron chi connectivity index (χ0n) is 16.4. The Bertz CT molecular complexity index is 941. The first-order chi connectivity index (χ1) is 14.2. The van der Waals surface area contributed by atoms with E-state index in [0.717, 1.165) is 30.9 Å². The van der Waals surface area contributed by atoms with E-state index in [0.29, 0.717) is 17.8 Å². The van der Waals surface area contributed by atoms with Crippen molar-refractivity contribution in [2.45, 2.75) is 25.4 Å². The predicted molar refractivity (Wildman–Crippen MR) is 118 cm³/mol. The van der Waals surface area contributed by atoms with Gasteiger partial charge in [-0.25, -0.2) is 9.37 Å². The van der Waals surface area contributed by atoms with Crippen molar-refractivity contribution in [3.63, 3.8) is 0 Å². The summed E-state index contributed by atoms with van der Waals surface area (Å²) in [7, 11) is 0. The van der Waals surface area contributed by atoms with Crippen LogP contribution in [0.2, 0.25) is 0 Å². The lowest BCUT2D eigenvalue weighted by molar-refractivity contribution is 0.0872. The second kappa shape index (κ2) is 10.6. The number of amides is 1. The number of rotatable bonds is 6. The van der Waals surface area contributed by atoms with Crippen molar-refractivity contribution >= 4 is 29.7 Å². The van der Waals surface area contributed by atoms with E-state index >= 15 is 0 Å². The number of likely N-dealkylation sites (tertiary alicyclic amines) is 1. The maximum atomic E-state index is 14.1. The van der Waals surface area contributed by atoms with Gasteiger partial charge in [0.2, 0.25) is 0 Å². The molecule has 1 saturated heterocycles. The molecule has 3 aromatic rings. The number of halogens is 2. The molecule has 158 valence electrons. The SMILES string of the molecule is Cl.O=C(NC(c1nccs1)C1CCCN(Cc2ccccc2F)C1)c1ccccn1. The van der Waals surface area contributed by atoms with Crippen LogP contribution in [0.15, 0.2) is 60.2 Å². The minimum atomic E-state index is -0.197. The van der Waals surface area contributed by atoms with Crippen molar-refractivity contribution in [2.24, 2.45) is 5.92 Å². The van der Waals surface area contributed by atoms with Gasteiger partial charge in [-0.3, -0.25) is 14.7 Å². The normalized spacial score (nSPS) is 17.7. The summed E-state index contributed by atoms with van der Waals surface area (Å²) >= 11 is 1.54. The minimum absolute atomic E-state index is 0. The first-order valence-corrected chi connectivity index (χ1v) is 10.7. The number of thiazole rings is 1. The number of nitrogens with one attached hydrogen (secondary N) is 1. The first-order valence-electron chi connectivity index (χ1n) is 9.78. The van der Waals surface area contributed by atoms with Crippen LogP contribution >= 0.6 is 23.7 Å². The van der Waals surface area contributed by atoms with Gasteiger partial charge in [0.25, 0.3) is 5.91 Å². The minimum Gasteiger partial charge on any atom is -0.341 e. The standard InChI is InChI=1S/C22H23FN4OS.ClH/c23-18-8-2-1-6-16(18)14-27-12-5-7-17(15-27)20(22-25-11-13-29-22)26-21(28)19-9-3-4-10-24-19;/h1-4,6,8-11,13,17,20H,5,7,12,14-15H2,(H,26,28);1H. The zero-order valence-corrected chi connectivity index (χ0v) is 18.0. The van der Waals surface area contributed by atoms with E-state index in [1.165, 1.54) is 6.07 Å². The van der Waals surface area contributed by atoms with Crippen molar-refractivity contribution in [1.82, 2.24) is 20.2 Å². The topological polar surface area (TPSA) is 58.1 Å². The van der Waals surface area contributed by atoms with Crippen molar-refractivity contribution < 1.29 is 9.18 Å². The Balaban J connectivity index is 0.00000256. The first kappa shape index (κ1) is 22.3. The van der Waals surface area contributed by atoms with Crippen LogP contribution in [0, 0.1) is 11.7 Å². The molecule has 4 rings (SSSR count). The summed E-state index contributed by atoms with van der Waals surface area (Å²) in [5.41, 5.74) is 1.10. The summed E-state index contributed by atoms with van der Waals surface area (Å²) < 4.78 is 14.1. The Labute approximate surface area is 185 Å². The van der Waals surface area contributed by atoms with E-state index in [1.54, 1.807) is 48.0 Å². The van der Waals surface area contributed by atoms with Crippen LogP contribution in [0.1, 0.15) is 39.9 Å². The average molecular weight is 447 g/mol. The highest BCUT2D eigenvalue weighted by atomic mass is 35.5. The molecule has 1 aliphatic heterocycles. The molecule has 1 N–H and O–H groups in total. The third kappa shape index (κ3) is 5.41. The summed E-state index contributed by atoms with van der Waals surface area (Å²) in [6, 6.07) is 12.0. The highest BCUT2D eigenvalue weighted by Gasteiger charge is 2.31. The number of carbonyl (C=O) groups excluding carboxylic acids is 1. The van der Waals surface area contributed by atoms with Gasteiger partial charge < -0.3 is 5.32 Å². The number of aromatic nitrogens is 2. The smallest absolute Gasteiger partial charge is 0.270 e. The molecule has 8 heteroatoms. The number of hydrogen-bond acceptors (Lipinski definition) is 5. The molecule has 1 aromatic carbocycles. The molecule has 0 radical (unpaired) electrons. The van der Waals surface area contributed by atoms with Crippen molar-refractivity contribution in [2.75, 3.05) is 13.1 Å². The third-order valence-electron chi connectivity index (χ3n) is 5.27. The summed E-state index contributed by atoms with van der Waals surface area (Å²) in [4.78, 5) is 23.6. The van der Waals surface area contributed by atoms with E-state index in [2.05, 4.69) is 20.2 Å². The average Bonchev–Trinajstić information content (AvgIpc) is 3.29. The molecule has 0 aliphatic carbocycles. The number of hydrogen-bond donors (Lipinski definition) is 1. The van der Waals surface area contributed by atoms with Crippen LogP contribution in [0.25, 0.3) is 0 Å². The fourth-order valence-corrected chi connectivity index (χ4v) is 4.64. The van der Waals surface area contributed by atoms with Crippen LogP contribution in [-0.2, 0) is 6.54 Å². The van der Waals surface area contributed by atoms with Crippen LogP contribution in [0.5, 0.6) is 0 Å². The van der Waals surface area contributed by atoms with E-state index in [-0.39, 0.29) is 36.1 Å². The lowest BCUT2D eigenvalue weighted by atomic mass is 9.90. The van der Waals surface area contributed by atoms with Gasteiger partial charge in [-0.1, -0.05) is 24.3 Å². The summed E-state index contributed by atoms with van der Waals surface area (Å²) in [5.74, 6) is -0.166. The van der Waals surface area contributed by atoms with Gasteiger partial charge >= 0.3 is 0 Å². The van der Waals surface area contributed by atoms with Crippen molar-refractivity contribution in [3.05, 3.63) is 82.3 Å². The van der Waals surface area contributed by atoms with Gasteiger partial charge in [-0.15, -0.1) is 23.7 Å². The highest BCUT2D eigenvalue weighted by Crippen LogP contribution is 2.32. The zero-order chi connectivity index (χ0) is 20.1. The van der Waals surface area contributed by atoms with Gasteiger partial charge in [-0.2, -0.15) is 0 Å². The molecule has 2 atom stereocenters. The quantitative estimate of drug-likeness (QED) is 0.606. The Hall–Kier alpha value is -2.35. The predicted octanol–water partition coefficient (Wildman–Crippen LogP) is 4.48. The molecule has 1 aliphatic rings. The second-order valence-corrected chi connectivity index (χ2v) is 8.19. The fourth-order valence-electron chi connectivity index (χ4n) is 3.86. The Morgan fingerprint density at radius 1 is 1.20 bits per heavy atom. The molecular weight excluding hydrogens is 423 g/mol. The second-order valence-electron chi connectivity index (χ2n) is 7.27. The summed E-state index contributed by atoms with van der Waals surface area (Å²) in [6.45, 7) is 2.27. The van der Waals surface area contributed by atoms with E-state index in [9.17, 15) is 9.18 Å². The Kier molecular flexibility index (Phi) is 7.90. The molecule has 0 spiro atoms. The Morgan fingerprint density at radius 3 is 2.77 bits per heavy atom. The number of carbonyl (C=O) groups is 1. The van der Waals surface area contributed by atoms with Gasteiger partial charge in [0.15, 0.2) is 0 Å². The van der Waals surface area contributed by atoms with Crippen LogP contribution in [0.4, 0.5) is 4.39 Å². The van der Waals surface area contributed by atoms with Gasteiger partial charge in [0, 0.05) is 36.4 Å². The van der Waals surface area contributed by atoms with E-state index in [4.69, 9.17) is 0 Å². The third-order valence-corrected chi connectivity index (χ3v) is 6.13. The van der Waals surface area contributed by atoms with E-state index in [1.807, 2.05) is 17.5 Å². The molecule has 5 nitrogen and oxygen atoms in total. The van der Waals surface area contributed by atoms with Crippen LogP contribution in [0.3, 0.4) is 0 Å². The molecule has 2 aromatic heterocycles. The number of benzene rings is 1. The number of piperidine rings is 1. The number of nitrogens with zero attached hydrogens (tertiary/aromatic N) is 3. The monoisotopic (exact) mass is 446 g/mol. The lowest BCUT2D eigenvalue weighted by Crippen LogP contribution is -2.43. The molecule has 0 bridgehead atoms. The molecule has 2 unspecified atom stereocenters. The molecule has 0 saturated carbocycles. The Morgan fingerprint density at radius 2 is 2.03 bits per heavy atom. The molecule has 30 heavy (non-hydrogen) atoms. The largest absolute Gasteiger partial charge is 0.341 e.